The number of carboxylic acid groups (broad SMARTS) is 2. The van der Waals surface area contributed by atoms with Crippen molar-refractivity contribution < 1.29 is 48.5 Å². The summed E-state index contributed by atoms with van der Waals surface area (Å²) in [6.07, 6.45) is -2.46. The molecule has 0 bridgehead atoms. The molecule has 5 rings (SSSR count). The third-order valence-corrected chi connectivity index (χ3v) is 6.54. The Hall–Kier alpha value is -5.52. The second kappa shape index (κ2) is 9.66. The van der Waals surface area contributed by atoms with Crippen molar-refractivity contribution in [3.63, 3.8) is 0 Å². The van der Waals surface area contributed by atoms with Crippen molar-refractivity contribution in [1.29, 1.82) is 0 Å². The summed E-state index contributed by atoms with van der Waals surface area (Å²) >= 11 is 0. The first kappa shape index (κ1) is 26.1. The van der Waals surface area contributed by atoms with Gasteiger partial charge in [0.2, 0.25) is 24.3 Å². The summed E-state index contributed by atoms with van der Waals surface area (Å²) in [5.41, 5.74) is 0.636. The summed E-state index contributed by atoms with van der Waals surface area (Å²) in [6, 6.07) is 13.5. The van der Waals surface area contributed by atoms with Crippen molar-refractivity contribution in [3.05, 3.63) is 94.0 Å². The van der Waals surface area contributed by atoms with Gasteiger partial charge in [0.25, 0.3) is 0 Å². The van der Waals surface area contributed by atoms with Crippen LogP contribution in [0.1, 0.15) is 78.9 Å². The van der Waals surface area contributed by atoms with E-state index in [9.17, 15) is 39.0 Å². The Morgan fingerprint density at radius 1 is 0.625 bits per heavy atom. The molecule has 12 nitrogen and oxygen atoms in total. The summed E-state index contributed by atoms with van der Waals surface area (Å²) in [6.45, 7) is 2.49. The Morgan fingerprint density at radius 2 is 0.975 bits per heavy atom. The molecule has 0 spiro atoms. The molecule has 3 aromatic rings. The van der Waals surface area contributed by atoms with Gasteiger partial charge in [-0.2, -0.15) is 0 Å². The highest BCUT2D eigenvalue weighted by Gasteiger charge is 2.39. The first-order chi connectivity index (χ1) is 19.0. The Bertz CT molecular complexity index is 1510. The lowest BCUT2D eigenvalue weighted by Crippen LogP contribution is -2.41. The van der Waals surface area contributed by atoms with Gasteiger partial charge in [0.05, 0.1) is 33.6 Å². The van der Waals surface area contributed by atoms with Crippen LogP contribution in [0.2, 0.25) is 0 Å². The van der Waals surface area contributed by atoms with E-state index < -0.39 is 48.1 Å². The van der Waals surface area contributed by atoms with Crippen molar-refractivity contribution in [1.82, 2.24) is 0 Å². The second-order valence-corrected chi connectivity index (χ2v) is 9.03. The molecule has 3 aromatic carbocycles. The van der Waals surface area contributed by atoms with Crippen LogP contribution in [-0.2, 0) is 19.1 Å². The van der Waals surface area contributed by atoms with Crippen molar-refractivity contribution in [2.45, 2.75) is 26.3 Å². The van der Waals surface area contributed by atoms with E-state index in [2.05, 4.69) is 0 Å². The summed E-state index contributed by atoms with van der Waals surface area (Å²) in [7, 11) is 0. The Kier molecular flexibility index (Phi) is 6.30. The van der Waals surface area contributed by atoms with Crippen LogP contribution in [-0.4, -0.2) is 45.9 Å². The standard InChI is InChI=1S/C28H20N2O10/c1-13(31)29-21-11-17(25(33)34)7-9-19(21)27(37)39-23(29)15-3-5-16(6-4-15)24-30(14(2)32)22-12-18(26(35)36)8-10-20(22)28(38)40-24/h3-12,23-24H,1-2H3,(H,33,34)(H,35,36). The van der Waals surface area contributed by atoms with Crippen molar-refractivity contribution in [2.75, 3.05) is 9.80 Å². The average Bonchev–Trinajstić information content (AvgIpc) is 2.91. The molecule has 2 amide bonds. The highest BCUT2D eigenvalue weighted by atomic mass is 16.6. The highest BCUT2D eigenvalue weighted by Crippen LogP contribution is 2.40. The van der Waals surface area contributed by atoms with Crippen LogP contribution in [0, 0.1) is 0 Å². The fourth-order valence-electron chi connectivity index (χ4n) is 4.69. The zero-order chi connectivity index (χ0) is 28.9. The maximum absolute atomic E-state index is 12.7. The quantitative estimate of drug-likeness (QED) is 0.464. The lowest BCUT2D eigenvalue weighted by Gasteiger charge is -2.37. The number of aromatic carboxylic acids is 2. The van der Waals surface area contributed by atoms with Gasteiger partial charge in [-0.3, -0.25) is 19.4 Å². The number of nitrogens with zero attached hydrogens (tertiary/aromatic N) is 2. The highest BCUT2D eigenvalue weighted by molar-refractivity contribution is 6.07. The van der Waals surface area contributed by atoms with Gasteiger partial charge in [-0.05, 0) is 36.4 Å². The zero-order valence-electron chi connectivity index (χ0n) is 21.0. The van der Waals surface area contributed by atoms with Gasteiger partial charge in [-0.15, -0.1) is 0 Å². The molecule has 0 aromatic heterocycles. The second-order valence-electron chi connectivity index (χ2n) is 9.03. The van der Waals surface area contributed by atoms with Gasteiger partial charge in [0, 0.05) is 25.0 Å². The molecular formula is C28H20N2O10. The molecule has 40 heavy (non-hydrogen) atoms. The topological polar surface area (TPSA) is 168 Å². The monoisotopic (exact) mass is 544 g/mol. The third kappa shape index (κ3) is 4.30. The zero-order valence-corrected chi connectivity index (χ0v) is 21.0. The van der Waals surface area contributed by atoms with Gasteiger partial charge < -0.3 is 19.7 Å². The number of anilines is 2. The molecule has 0 aliphatic carbocycles. The van der Waals surface area contributed by atoms with Crippen molar-refractivity contribution in [3.8, 4) is 0 Å². The molecule has 0 radical (unpaired) electrons. The number of esters is 2. The minimum absolute atomic E-state index is 0.0266. The predicted octanol–water partition coefficient (Wildman–Crippen LogP) is 3.53. The number of cyclic esters (lactones) is 2. The van der Waals surface area contributed by atoms with Crippen LogP contribution in [0.3, 0.4) is 0 Å². The minimum atomic E-state index is -1.24. The lowest BCUT2D eigenvalue weighted by atomic mass is 10.0. The molecule has 0 fully saturated rings. The van der Waals surface area contributed by atoms with Crippen LogP contribution >= 0.6 is 0 Å². The smallest absolute Gasteiger partial charge is 0.342 e. The van der Waals surface area contributed by atoms with Gasteiger partial charge in [-0.1, -0.05) is 24.3 Å². The molecule has 2 aliphatic heterocycles. The van der Waals surface area contributed by atoms with Crippen LogP contribution in [0.5, 0.6) is 0 Å². The lowest BCUT2D eigenvalue weighted by molar-refractivity contribution is -0.119. The number of fused-ring (bicyclic) bond motifs is 2. The van der Waals surface area contributed by atoms with Crippen LogP contribution in [0.25, 0.3) is 0 Å². The number of carbonyl (C=O) groups excluding carboxylic acids is 4. The molecule has 2 unspecified atom stereocenters. The number of ether oxygens (including phenoxy) is 2. The molecule has 12 heteroatoms. The molecule has 2 aliphatic rings. The van der Waals surface area contributed by atoms with E-state index in [4.69, 9.17) is 9.47 Å². The van der Waals surface area contributed by atoms with E-state index in [0.717, 1.165) is 9.80 Å². The van der Waals surface area contributed by atoms with Gasteiger partial charge in [0.15, 0.2) is 0 Å². The van der Waals surface area contributed by atoms with Crippen LogP contribution in [0.15, 0.2) is 60.7 Å². The third-order valence-electron chi connectivity index (χ3n) is 6.54. The normalized spacial score (nSPS) is 17.8. The Labute approximate surface area is 225 Å². The molecule has 0 saturated heterocycles. The number of amides is 2. The first-order valence-electron chi connectivity index (χ1n) is 11.8. The van der Waals surface area contributed by atoms with Gasteiger partial charge in [-0.25, -0.2) is 19.2 Å². The van der Waals surface area contributed by atoms with E-state index in [1.807, 2.05) is 0 Å². The van der Waals surface area contributed by atoms with Crippen molar-refractivity contribution >= 4 is 47.1 Å². The van der Waals surface area contributed by atoms with E-state index >= 15 is 0 Å². The predicted molar refractivity (Wildman–Crippen MR) is 136 cm³/mol. The fourth-order valence-corrected chi connectivity index (χ4v) is 4.69. The Balaban J connectivity index is 1.53. The fraction of sp³-hybridized carbons (Fsp3) is 0.143. The van der Waals surface area contributed by atoms with Crippen molar-refractivity contribution in [2.24, 2.45) is 0 Å². The number of benzene rings is 3. The maximum Gasteiger partial charge on any atom is 0.342 e. The molecular weight excluding hydrogens is 524 g/mol. The molecule has 2 heterocycles. The molecule has 2 atom stereocenters. The Morgan fingerprint density at radius 3 is 1.27 bits per heavy atom. The summed E-state index contributed by atoms with van der Waals surface area (Å²) in [4.78, 5) is 76.0. The number of rotatable bonds is 4. The minimum Gasteiger partial charge on any atom is -0.478 e. The van der Waals surface area contributed by atoms with E-state index in [1.165, 1.54) is 74.5 Å². The number of hydrogen-bond acceptors (Lipinski definition) is 8. The molecule has 202 valence electrons. The summed E-state index contributed by atoms with van der Waals surface area (Å²) in [5.74, 6) is -5.01. The SMILES string of the molecule is CC(=O)N1c2cc(C(=O)O)ccc2C(=O)OC1c1ccc(C2OC(=O)c3ccc(C(=O)O)cc3N2C(C)=O)cc1. The first-order valence-corrected chi connectivity index (χ1v) is 11.8. The number of carbonyl (C=O) groups is 6. The average molecular weight is 544 g/mol. The molecule has 0 saturated carbocycles. The maximum atomic E-state index is 12.7. The van der Waals surface area contributed by atoms with E-state index in [-0.39, 0.29) is 33.6 Å². The summed E-state index contributed by atoms with van der Waals surface area (Å²) < 4.78 is 11.1. The molecule has 2 N–H and O–H groups in total. The van der Waals surface area contributed by atoms with E-state index in [1.54, 1.807) is 0 Å². The largest absolute Gasteiger partial charge is 0.478 e. The van der Waals surface area contributed by atoms with E-state index in [0.29, 0.717) is 11.1 Å². The number of carboxylic acids is 2. The van der Waals surface area contributed by atoms with Gasteiger partial charge >= 0.3 is 23.9 Å². The van der Waals surface area contributed by atoms with Crippen LogP contribution < -0.4 is 9.80 Å². The van der Waals surface area contributed by atoms with Gasteiger partial charge in [0.1, 0.15) is 0 Å². The summed E-state index contributed by atoms with van der Waals surface area (Å²) in [5, 5.41) is 18.8. The number of hydrogen-bond donors (Lipinski definition) is 2. The van der Waals surface area contributed by atoms with Crippen LogP contribution in [0.4, 0.5) is 11.4 Å².